The number of rotatable bonds is 15. The van der Waals surface area contributed by atoms with Gasteiger partial charge in [0.2, 0.25) is 5.91 Å². The fourth-order valence-corrected chi connectivity index (χ4v) is 3.92. The summed E-state index contributed by atoms with van der Waals surface area (Å²) in [5.74, 6) is -5.32. The van der Waals surface area contributed by atoms with Crippen molar-refractivity contribution in [1.82, 2.24) is 21.1 Å². The van der Waals surface area contributed by atoms with E-state index >= 15 is 0 Å². The summed E-state index contributed by atoms with van der Waals surface area (Å²) in [6.45, 7) is 7.44. The van der Waals surface area contributed by atoms with Crippen LogP contribution in [0.3, 0.4) is 0 Å². The molecule has 1 atom stereocenters. The summed E-state index contributed by atoms with van der Waals surface area (Å²) in [6.07, 6.45) is -2.86. The molecule has 0 aliphatic carbocycles. The molecular weight excluding hydrogens is 560 g/mol. The van der Waals surface area contributed by atoms with Crippen LogP contribution in [0.1, 0.15) is 54.4 Å². The Balaban J connectivity index is 2.52. The third kappa shape index (κ3) is 12.2. The molecule has 1 fully saturated rings. The number of amides is 3. The molecule has 1 rings (SSSR count). The van der Waals surface area contributed by atoms with Crippen molar-refractivity contribution in [3.63, 3.8) is 0 Å². The van der Waals surface area contributed by atoms with Crippen molar-refractivity contribution in [3.05, 3.63) is 0 Å². The van der Waals surface area contributed by atoms with Crippen molar-refractivity contribution in [2.45, 2.75) is 60.5 Å². The van der Waals surface area contributed by atoms with E-state index in [0.717, 1.165) is 0 Å². The van der Waals surface area contributed by atoms with Crippen LogP contribution in [0.5, 0.6) is 0 Å². The van der Waals surface area contributed by atoms with E-state index in [-0.39, 0.29) is 31.0 Å². The summed E-state index contributed by atoms with van der Waals surface area (Å²) in [5, 5.41) is 12.3. The molecule has 0 saturated carbocycles. The van der Waals surface area contributed by atoms with Crippen LogP contribution in [0.4, 0.5) is 4.79 Å². The van der Waals surface area contributed by atoms with Crippen LogP contribution in [0, 0.1) is 10.8 Å². The molecule has 0 aromatic heterocycles. The van der Waals surface area contributed by atoms with Crippen LogP contribution >= 0.6 is 0 Å². The van der Waals surface area contributed by atoms with E-state index in [4.69, 9.17) is 14.4 Å². The molecule has 17 nitrogen and oxygen atoms in total. The molecule has 1 heterocycles. The van der Waals surface area contributed by atoms with E-state index in [9.17, 15) is 42.3 Å². The number of ether oxygens (including phenoxy) is 1. The Morgan fingerprint density at radius 3 is 2.17 bits per heavy atom. The molecule has 0 aromatic rings. The minimum atomic E-state index is -3.85. The van der Waals surface area contributed by atoms with Crippen LogP contribution < -0.4 is 10.7 Å². The number of sulfone groups is 1. The van der Waals surface area contributed by atoms with Crippen molar-refractivity contribution in [2.75, 3.05) is 31.2 Å². The molecule has 228 valence electrons. The van der Waals surface area contributed by atoms with Gasteiger partial charge < -0.3 is 20.0 Å². The number of carboxylic acids is 1. The number of carbonyl (C=O) groups is 6. The van der Waals surface area contributed by atoms with Crippen LogP contribution in [0.2, 0.25) is 0 Å². The number of nitrogens with one attached hydrogen (secondary N) is 2. The molecule has 0 radical (unpaired) electrons. The highest BCUT2D eigenvalue weighted by Crippen LogP contribution is 2.17. The molecule has 0 bridgehead atoms. The molecular formula is C22H36N4O13S. The number of hydroxylamine groups is 2. The average Bonchev–Trinajstić information content (AvgIpc) is 3.11. The van der Waals surface area contributed by atoms with Crippen molar-refractivity contribution < 1.29 is 61.5 Å². The normalized spacial score (nSPS) is 15.1. The van der Waals surface area contributed by atoms with Gasteiger partial charge in [-0.2, -0.15) is 5.43 Å². The lowest BCUT2D eigenvalue weighted by Crippen LogP contribution is -2.49. The van der Waals surface area contributed by atoms with Gasteiger partial charge >= 0.3 is 18.1 Å². The van der Waals surface area contributed by atoms with E-state index in [1.807, 2.05) is 0 Å². The third-order valence-electron chi connectivity index (χ3n) is 5.01. The molecule has 40 heavy (non-hydrogen) atoms. The van der Waals surface area contributed by atoms with Gasteiger partial charge in [-0.3, -0.25) is 24.0 Å². The third-order valence-corrected chi connectivity index (χ3v) is 6.82. The van der Waals surface area contributed by atoms with Crippen molar-refractivity contribution in [1.29, 1.82) is 0 Å². The smallest absolute Gasteiger partial charge is 0.481 e. The number of hydrogen-bond acceptors (Lipinski definition) is 14. The molecule has 1 unspecified atom stereocenters. The quantitative estimate of drug-likeness (QED) is 0.123. The van der Waals surface area contributed by atoms with Gasteiger partial charge in [-0.25, -0.2) is 22.8 Å². The van der Waals surface area contributed by atoms with E-state index in [1.54, 1.807) is 20.8 Å². The molecule has 18 heteroatoms. The first kappa shape index (κ1) is 34.7. The number of nitrogens with zero attached hydrogens (tertiary/aromatic N) is 2. The van der Waals surface area contributed by atoms with E-state index < -0.39 is 80.7 Å². The molecule has 0 aromatic carbocycles. The van der Waals surface area contributed by atoms with Crippen LogP contribution in [0.25, 0.3) is 0 Å². The maximum absolute atomic E-state index is 12.3. The van der Waals surface area contributed by atoms with Gasteiger partial charge in [0.25, 0.3) is 11.8 Å². The lowest BCUT2D eigenvalue weighted by molar-refractivity contribution is -0.375. The van der Waals surface area contributed by atoms with Gasteiger partial charge in [0.05, 0.1) is 27.7 Å². The van der Waals surface area contributed by atoms with Crippen LogP contribution in [-0.4, -0.2) is 97.0 Å². The number of aliphatic carboxylic acids is 1. The number of imide groups is 1. The Hall–Kier alpha value is -3.35. The second-order valence-corrected chi connectivity index (χ2v) is 12.7. The summed E-state index contributed by atoms with van der Waals surface area (Å²) in [4.78, 5) is 85.0. The zero-order chi connectivity index (χ0) is 30.9. The zero-order valence-corrected chi connectivity index (χ0v) is 24.0. The molecule has 0 spiro atoms. The number of hydrazine groups is 1. The van der Waals surface area contributed by atoms with Crippen molar-refractivity contribution in [3.8, 4) is 0 Å². The highest BCUT2D eigenvalue weighted by molar-refractivity contribution is 7.91. The minimum Gasteiger partial charge on any atom is -0.481 e. The Labute approximate surface area is 231 Å². The topological polar surface area (TPSA) is 224 Å². The lowest BCUT2D eigenvalue weighted by atomic mass is 9.94. The summed E-state index contributed by atoms with van der Waals surface area (Å²) in [6, 6.07) is 0. The number of hydrogen-bond donors (Lipinski definition) is 3. The van der Waals surface area contributed by atoms with Crippen LogP contribution in [-0.2, 0) is 53.1 Å². The van der Waals surface area contributed by atoms with Crippen LogP contribution in [0.15, 0.2) is 0 Å². The van der Waals surface area contributed by atoms with Gasteiger partial charge in [0, 0.05) is 25.9 Å². The van der Waals surface area contributed by atoms with Gasteiger partial charge in [-0.15, -0.1) is 0 Å². The fraction of sp³-hybridized carbons (Fsp3) is 0.727. The molecule has 3 amide bonds. The lowest BCUT2D eigenvalue weighted by Gasteiger charge is -2.27. The first-order valence-corrected chi connectivity index (χ1v) is 13.9. The number of carboxylic acid groups (broad SMARTS) is 1. The summed E-state index contributed by atoms with van der Waals surface area (Å²) in [5.41, 5.74) is 0.224. The molecule has 3 N–H and O–H groups in total. The first-order chi connectivity index (χ1) is 18.2. The first-order valence-electron chi connectivity index (χ1n) is 12.1. The van der Waals surface area contributed by atoms with Gasteiger partial charge in [-0.05, 0) is 41.5 Å². The number of carbonyl (C=O) groups excluding carboxylic acids is 5. The summed E-state index contributed by atoms with van der Waals surface area (Å²) in [7, 11) is -3.85. The largest absolute Gasteiger partial charge is 0.534 e. The van der Waals surface area contributed by atoms with Gasteiger partial charge in [-0.1, -0.05) is 5.06 Å². The second kappa shape index (κ2) is 14.3. The predicted molar refractivity (Wildman–Crippen MR) is 133 cm³/mol. The molecule has 1 aliphatic heterocycles. The maximum atomic E-state index is 12.3. The highest BCUT2D eigenvalue weighted by Gasteiger charge is 2.34. The van der Waals surface area contributed by atoms with Crippen molar-refractivity contribution >= 4 is 45.7 Å². The highest BCUT2D eigenvalue weighted by atomic mass is 32.2. The van der Waals surface area contributed by atoms with Crippen molar-refractivity contribution in [2.24, 2.45) is 10.8 Å². The molecule has 1 aliphatic rings. The summed E-state index contributed by atoms with van der Waals surface area (Å²) < 4.78 is 29.4. The average molecular weight is 597 g/mol. The summed E-state index contributed by atoms with van der Waals surface area (Å²) >= 11 is 0. The van der Waals surface area contributed by atoms with Gasteiger partial charge in [0.1, 0.15) is 6.10 Å². The Bertz CT molecular complexity index is 1070. The second-order valence-electron chi connectivity index (χ2n) is 10.5. The maximum Gasteiger partial charge on any atom is 0.534 e. The van der Waals surface area contributed by atoms with E-state index in [2.05, 4.69) is 15.6 Å². The Morgan fingerprint density at radius 1 is 1.07 bits per heavy atom. The predicted octanol–water partition coefficient (Wildman–Crippen LogP) is -0.524. The fourth-order valence-electron chi connectivity index (χ4n) is 2.56. The zero-order valence-electron chi connectivity index (χ0n) is 23.2. The SMILES string of the molecule is CC(CS(=O)(=O)CCNC(=O)CON(NCC(C)(C)C(=O)O)OC(=O)C(C)(C)C)OC(=O)ON1C(=O)CCC1=O. The standard InChI is InChI=1S/C22H36N4O13S/c1-14(37-20(33)39-25-16(28)7-8-17(25)29)12-40(34,35)10-9-23-15(27)11-36-26(38-19(32)21(2,3)4)24-13-22(5,6)18(30)31/h14,24H,7-13H2,1-6H3,(H,23,27)(H,30,31). The van der Waals surface area contributed by atoms with Gasteiger partial charge in [0.15, 0.2) is 16.4 Å². The Kier molecular flexibility index (Phi) is 12.4. The van der Waals surface area contributed by atoms with E-state index in [1.165, 1.54) is 20.8 Å². The monoisotopic (exact) mass is 596 g/mol. The Morgan fingerprint density at radius 2 is 1.65 bits per heavy atom. The minimum absolute atomic E-state index is 0.119. The van der Waals surface area contributed by atoms with E-state index in [0.29, 0.717) is 5.34 Å². The molecule has 1 saturated heterocycles.